The molecule has 0 unspecified atom stereocenters. The minimum absolute atomic E-state index is 0.333. The number of fused-ring (bicyclic) bond motifs is 1. The Bertz CT molecular complexity index is 731. The predicted octanol–water partition coefficient (Wildman–Crippen LogP) is 3.19. The number of pyridine rings is 1. The second-order valence-electron chi connectivity index (χ2n) is 5.11. The molecular formula is C14H16N4OS. The maximum Gasteiger partial charge on any atom is 0.246 e. The molecule has 0 aliphatic heterocycles. The second-order valence-corrected chi connectivity index (χ2v) is 6.05. The van der Waals surface area contributed by atoms with Gasteiger partial charge >= 0.3 is 0 Å². The third kappa shape index (κ3) is 2.32. The summed E-state index contributed by atoms with van der Waals surface area (Å²) < 4.78 is 6.51. The average molecular weight is 288 g/mol. The second kappa shape index (κ2) is 4.96. The number of nitrogens with one attached hydrogen (secondary N) is 1. The van der Waals surface area contributed by atoms with E-state index in [-0.39, 0.29) is 5.54 Å². The van der Waals surface area contributed by atoms with Gasteiger partial charge in [-0.1, -0.05) is 12.1 Å². The van der Waals surface area contributed by atoms with E-state index in [9.17, 15) is 0 Å². The molecule has 3 aromatic rings. The van der Waals surface area contributed by atoms with Gasteiger partial charge in [0.2, 0.25) is 11.7 Å². The monoisotopic (exact) mass is 288 g/mol. The third-order valence-corrected chi connectivity index (χ3v) is 3.99. The van der Waals surface area contributed by atoms with Crippen molar-refractivity contribution in [2.45, 2.75) is 26.3 Å². The Kier molecular flexibility index (Phi) is 3.27. The number of hydrogen-bond donors (Lipinski definition) is 1. The molecule has 3 rings (SSSR count). The summed E-state index contributed by atoms with van der Waals surface area (Å²) in [5.74, 6) is 1.16. The van der Waals surface area contributed by atoms with Crippen molar-refractivity contribution in [2.24, 2.45) is 0 Å². The number of aromatic nitrogens is 3. The van der Waals surface area contributed by atoms with E-state index in [1.54, 1.807) is 17.5 Å². The first kappa shape index (κ1) is 13.2. The Balaban J connectivity index is 1.96. The third-order valence-electron chi connectivity index (χ3n) is 3.14. The minimum Gasteiger partial charge on any atom is -0.337 e. The molecule has 0 fully saturated rings. The molecule has 0 saturated heterocycles. The van der Waals surface area contributed by atoms with E-state index >= 15 is 0 Å². The van der Waals surface area contributed by atoms with E-state index < -0.39 is 0 Å². The maximum atomic E-state index is 5.38. The molecule has 1 N–H and O–H groups in total. The van der Waals surface area contributed by atoms with Gasteiger partial charge in [-0.3, -0.25) is 4.98 Å². The first-order chi connectivity index (χ1) is 9.60. The van der Waals surface area contributed by atoms with Gasteiger partial charge in [-0.25, -0.2) is 0 Å². The minimum atomic E-state index is -0.333. The molecule has 0 amide bonds. The van der Waals surface area contributed by atoms with Crippen molar-refractivity contribution in [1.29, 1.82) is 0 Å². The zero-order chi connectivity index (χ0) is 14.2. The quantitative estimate of drug-likeness (QED) is 0.798. The Hall–Kier alpha value is -1.79. The van der Waals surface area contributed by atoms with E-state index in [2.05, 4.69) is 20.4 Å². The number of hydrogen-bond acceptors (Lipinski definition) is 6. The van der Waals surface area contributed by atoms with E-state index in [4.69, 9.17) is 4.52 Å². The summed E-state index contributed by atoms with van der Waals surface area (Å²) in [5.41, 5.74) is 1.54. The molecule has 3 heterocycles. The summed E-state index contributed by atoms with van der Waals surface area (Å²) in [4.78, 5) is 8.88. The van der Waals surface area contributed by atoms with Gasteiger partial charge in [-0.05, 0) is 37.9 Å². The summed E-state index contributed by atoms with van der Waals surface area (Å²) in [6.07, 6.45) is 1.78. The van der Waals surface area contributed by atoms with Crippen LogP contribution in [0.3, 0.4) is 0 Å². The van der Waals surface area contributed by atoms with E-state index in [1.807, 2.05) is 38.3 Å². The van der Waals surface area contributed by atoms with Crippen LogP contribution in [0.5, 0.6) is 0 Å². The molecule has 20 heavy (non-hydrogen) atoms. The van der Waals surface area contributed by atoms with Crippen LogP contribution in [0.1, 0.15) is 26.7 Å². The molecule has 0 aliphatic rings. The lowest BCUT2D eigenvalue weighted by Gasteiger charge is -2.20. The normalized spacial score (nSPS) is 12.2. The van der Waals surface area contributed by atoms with Gasteiger partial charge in [-0.15, -0.1) is 11.3 Å². The smallest absolute Gasteiger partial charge is 0.246 e. The van der Waals surface area contributed by atoms with Crippen molar-refractivity contribution in [3.63, 3.8) is 0 Å². The highest BCUT2D eigenvalue weighted by atomic mass is 32.1. The Morgan fingerprint density at radius 3 is 3.05 bits per heavy atom. The predicted molar refractivity (Wildman–Crippen MR) is 79.6 cm³/mol. The van der Waals surface area contributed by atoms with Crippen LogP contribution in [-0.2, 0) is 5.54 Å². The van der Waals surface area contributed by atoms with Crippen LogP contribution < -0.4 is 5.32 Å². The Morgan fingerprint density at radius 2 is 2.25 bits per heavy atom. The standard InChI is InChI=1S/C14H16N4OS/c1-4-16-14(2,3)13-17-12(18-19-13)9-7-11-10(15-8-9)5-6-20-11/h5-8,16H,4H2,1-3H3. The Morgan fingerprint density at radius 1 is 1.40 bits per heavy atom. The van der Waals surface area contributed by atoms with Gasteiger partial charge in [-0.2, -0.15) is 4.98 Å². The van der Waals surface area contributed by atoms with Gasteiger partial charge in [0.05, 0.1) is 15.8 Å². The molecule has 6 heteroatoms. The van der Waals surface area contributed by atoms with Crippen molar-refractivity contribution < 1.29 is 4.52 Å². The zero-order valence-corrected chi connectivity index (χ0v) is 12.5. The van der Waals surface area contributed by atoms with Crippen LogP contribution in [0.15, 0.2) is 28.2 Å². The van der Waals surface area contributed by atoms with Crippen molar-refractivity contribution in [3.05, 3.63) is 29.6 Å². The van der Waals surface area contributed by atoms with Crippen LogP contribution in [0, 0.1) is 0 Å². The fraction of sp³-hybridized carbons (Fsp3) is 0.357. The number of rotatable bonds is 4. The molecule has 0 radical (unpaired) electrons. The highest BCUT2D eigenvalue weighted by Crippen LogP contribution is 2.26. The molecule has 0 aromatic carbocycles. The summed E-state index contributed by atoms with van der Waals surface area (Å²) in [6.45, 7) is 6.93. The van der Waals surface area contributed by atoms with Gasteiger partial charge in [0, 0.05) is 11.8 Å². The maximum absolute atomic E-state index is 5.38. The van der Waals surface area contributed by atoms with Crippen LogP contribution in [0.25, 0.3) is 21.6 Å². The summed E-state index contributed by atoms with van der Waals surface area (Å²) >= 11 is 1.66. The Labute approximate surface area is 121 Å². The number of nitrogens with zero attached hydrogens (tertiary/aromatic N) is 3. The van der Waals surface area contributed by atoms with E-state index in [1.165, 1.54) is 0 Å². The topological polar surface area (TPSA) is 63.8 Å². The lowest BCUT2D eigenvalue weighted by Crippen LogP contribution is -2.36. The van der Waals surface area contributed by atoms with Crippen molar-refractivity contribution in [2.75, 3.05) is 6.54 Å². The highest BCUT2D eigenvalue weighted by molar-refractivity contribution is 7.17. The van der Waals surface area contributed by atoms with Crippen molar-refractivity contribution in [3.8, 4) is 11.4 Å². The van der Waals surface area contributed by atoms with Gasteiger partial charge < -0.3 is 9.84 Å². The first-order valence-electron chi connectivity index (χ1n) is 6.53. The molecule has 0 saturated carbocycles. The molecular weight excluding hydrogens is 272 g/mol. The summed E-state index contributed by atoms with van der Waals surface area (Å²) in [7, 11) is 0. The molecule has 5 nitrogen and oxygen atoms in total. The summed E-state index contributed by atoms with van der Waals surface area (Å²) in [5, 5.41) is 9.41. The fourth-order valence-corrected chi connectivity index (χ4v) is 2.86. The van der Waals surface area contributed by atoms with Crippen molar-refractivity contribution >= 4 is 21.6 Å². The van der Waals surface area contributed by atoms with Crippen molar-refractivity contribution in [1.82, 2.24) is 20.4 Å². The van der Waals surface area contributed by atoms with Crippen LogP contribution in [-0.4, -0.2) is 21.7 Å². The van der Waals surface area contributed by atoms with Gasteiger partial charge in [0.25, 0.3) is 0 Å². The van der Waals surface area contributed by atoms with E-state index in [0.29, 0.717) is 11.7 Å². The lowest BCUT2D eigenvalue weighted by atomic mass is 10.1. The lowest BCUT2D eigenvalue weighted by molar-refractivity contribution is 0.272. The molecule has 0 spiro atoms. The SMILES string of the molecule is CCNC(C)(C)c1nc(-c2cnc3ccsc3c2)no1. The molecule has 0 atom stereocenters. The largest absolute Gasteiger partial charge is 0.337 e. The fourth-order valence-electron chi connectivity index (χ4n) is 2.08. The molecule has 3 aromatic heterocycles. The van der Waals surface area contributed by atoms with E-state index in [0.717, 1.165) is 22.3 Å². The van der Waals surface area contributed by atoms with Crippen LogP contribution in [0.2, 0.25) is 0 Å². The van der Waals surface area contributed by atoms with Gasteiger partial charge in [0.1, 0.15) is 0 Å². The highest BCUT2D eigenvalue weighted by Gasteiger charge is 2.26. The van der Waals surface area contributed by atoms with Crippen LogP contribution >= 0.6 is 11.3 Å². The molecule has 0 aliphatic carbocycles. The van der Waals surface area contributed by atoms with Gasteiger partial charge in [0.15, 0.2) is 0 Å². The average Bonchev–Trinajstić information content (AvgIpc) is 3.07. The first-order valence-corrected chi connectivity index (χ1v) is 7.41. The zero-order valence-electron chi connectivity index (χ0n) is 11.7. The van der Waals surface area contributed by atoms with Crippen LogP contribution in [0.4, 0.5) is 0 Å². The molecule has 0 bridgehead atoms. The summed E-state index contributed by atoms with van der Waals surface area (Å²) in [6, 6.07) is 4.04. The number of thiophene rings is 1. The molecule has 104 valence electrons.